The summed E-state index contributed by atoms with van der Waals surface area (Å²) in [6.07, 6.45) is 0. The molecule has 0 aliphatic rings. The van der Waals surface area contributed by atoms with Crippen molar-refractivity contribution in [1.29, 1.82) is 0 Å². The molecule has 1 heteroatoms. The molecule has 0 spiro atoms. The molecule has 1 radical (unpaired) electrons. The average molecular weight is 398 g/mol. The Kier molecular flexibility index (Phi) is 4.18. The van der Waals surface area contributed by atoms with E-state index in [9.17, 15) is 0 Å². The van der Waals surface area contributed by atoms with Gasteiger partial charge in [0.25, 0.3) is 0 Å². The average Bonchev–Trinajstić information content (AvgIpc) is 2.22. The van der Waals surface area contributed by atoms with E-state index in [2.05, 4.69) is 65.0 Å². The van der Waals surface area contributed by atoms with Crippen molar-refractivity contribution >= 4 is 10.8 Å². The molecule has 0 atom stereocenters. The van der Waals surface area contributed by atoms with Crippen LogP contribution in [0.5, 0.6) is 0 Å². The van der Waals surface area contributed by atoms with Gasteiger partial charge in [-0.05, 0) is 5.41 Å². The van der Waals surface area contributed by atoms with Gasteiger partial charge in [0.1, 0.15) is 0 Å². The summed E-state index contributed by atoms with van der Waals surface area (Å²) >= 11 is 0. The van der Waals surface area contributed by atoms with E-state index in [-0.39, 0.29) is 25.8 Å². The monoisotopic (exact) mass is 398 g/mol. The zero-order chi connectivity index (χ0) is 11.9. The molecule has 0 amide bonds. The summed E-state index contributed by atoms with van der Waals surface area (Å²) in [6, 6.07) is 12.2. The number of aryl methyl sites for hydroxylation is 2. The molecule has 0 aliphatic heterocycles. The van der Waals surface area contributed by atoms with E-state index in [1.165, 1.54) is 27.5 Å². The maximum absolute atomic E-state index is 3.56. The fourth-order valence-corrected chi connectivity index (χ4v) is 2.37. The third-order valence-corrected chi connectivity index (χ3v) is 3.17. The number of benzene rings is 2. The summed E-state index contributed by atoms with van der Waals surface area (Å²) in [5.41, 5.74) is 4.13. The zero-order valence-corrected chi connectivity index (χ0v) is 13.9. The van der Waals surface area contributed by atoms with Crippen molar-refractivity contribution in [1.82, 2.24) is 0 Å². The Balaban J connectivity index is 0.00000144. The van der Waals surface area contributed by atoms with E-state index < -0.39 is 0 Å². The van der Waals surface area contributed by atoms with Crippen LogP contribution in [0.25, 0.3) is 10.8 Å². The van der Waals surface area contributed by atoms with Crippen LogP contribution in [-0.2, 0) is 25.8 Å². The molecule has 2 rings (SSSR count). The molecule has 0 aliphatic carbocycles. The van der Waals surface area contributed by atoms with Crippen molar-refractivity contribution in [3.63, 3.8) is 0 Å². The summed E-state index contributed by atoms with van der Waals surface area (Å²) < 4.78 is 0. The topological polar surface area (TPSA) is 0 Å². The summed E-state index contributed by atoms with van der Waals surface area (Å²) in [5, 5.41) is 2.69. The predicted octanol–water partition coefficient (Wildman–Crippen LogP) is 4.55. The van der Waals surface area contributed by atoms with Crippen LogP contribution >= 0.6 is 0 Å². The normalized spacial score (nSPS) is 11.4. The maximum Gasteiger partial charge on any atom is 0 e. The predicted molar refractivity (Wildman–Crippen MR) is 71.0 cm³/mol. The molecule has 0 bridgehead atoms. The Hall–Kier alpha value is -0.638. The molecule has 17 heavy (non-hydrogen) atoms. The van der Waals surface area contributed by atoms with Gasteiger partial charge in [0, 0.05) is 20.4 Å². The van der Waals surface area contributed by atoms with Crippen molar-refractivity contribution in [3.8, 4) is 0 Å². The summed E-state index contributed by atoms with van der Waals surface area (Å²) in [5.74, 6) is 0. The Morgan fingerprint density at radius 2 is 1.47 bits per heavy atom. The molecule has 2 aromatic carbocycles. The zero-order valence-electron chi connectivity index (χ0n) is 11.2. The van der Waals surface area contributed by atoms with E-state index in [1.807, 2.05) is 0 Å². The van der Waals surface area contributed by atoms with Crippen molar-refractivity contribution in [2.75, 3.05) is 0 Å². The van der Waals surface area contributed by atoms with Crippen LogP contribution in [-0.4, -0.2) is 0 Å². The molecule has 0 N–H and O–H groups in total. The first kappa shape index (κ1) is 14.4. The Bertz CT molecular complexity index is 533. The first-order chi connectivity index (χ1) is 7.41. The number of fused-ring (bicyclic) bond motifs is 1. The van der Waals surface area contributed by atoms with Gasteiger partial charge in [0.2, 0.25) is 0 Å². The molecule has 0 aromatic heterocycles. The molecule has 0 heterocycles. The molecule has 0 nitrogen and oxygen atoms in total. The van der Waals surface area contributed by atoms with Crippen LogP contribution in [0.3, 0.4) is 0 Å². The van der Waals surface area contributed by atoms with Crippen LogP contribution in [0, 0.1) is 19.9 Å². The van der Waals surface area contributed by atoms with Crippen molar-refractivity contribution < 1.29 is 20.4 Å². The van der Waals surface area contributed by atoms with Crippen molar-refractivity contribution in [2.24, 2.45) is 0 Å². The second-order valence-corrected chi connectivity index (χ2v) is 5.55. The molecular weight excluding hydrogens is 378 g/mol. The Morgan fingerprint density at radius 1 is 0.941 bits per heavy atom. The van der Waals surface area contributed by atoms with Crippen LogP contribution < -0.4 is 0 Å². The van der Waals surface area contributed by atoms with Crippen LogP contribution in [0.4, 0.5) is 0 Å². The van der Waals surface area contributed by atoms with Gasteiger partial charge in [-0.25, -0.2) is 0 Å². The van der Waals surface area contributed by atoms with Crippen LogP contribution in [0.2, 0.25) is 0 Å². The third-order valence-electron chi connectivity index (χ3n) is 3.17. The number of rotatable bonds is 0. The number of hydrogen-bond acceptors (Lipinski definition) is 0. The van der Waals surface area contributed by atoms with Crippen LogP contribution in [0.1, 0.15) is 37.5 Å². The van der Waals surface area contributed by atoms with Gasteiger partial charge in [-0.2, -0.15) is 17.2 Å². The molecule has 91 valence electrons. The van der Waals surface area contributed by atoms with Gasteiger partial charge in [-0.15, -0.1) is 22.4 Å². The first-order valence-electron chi connectivity index (χ1n) is 5.83. The van der Waals surface area contributed by atoms with Crippen molar-refractivity contribution in [3.05, 3.63) is 47.0 Å². The van der Waals surface area contributed by atoms with Crippen molar-refractivity contribution in [2.45, 2.75) is 40.0 Å². The third kappa shape index (κ3) is 2.62. The summed E-state index contributed by atoms with van der Waals surface area (Å²) in [6.45, 7) is 11.1. The van der Waals surface area contributed by atoms with Gasteiger partial charge < -0.3 is 0 Å². The van der Waals surface area contributed by atoms with E-state index in [0.29, 0.717) is 0 Å². The molecule has 0 fully saturated rings. The van der Waals surface area contributed by atoms with Gasteiger partial charge in [-0.1, -0.05) is 52.8 Å². The van der Waals surface area contributed by atoms with E-state index in [1.54, 1.807) is 0 Å². The minimum absolute atomic E-state index is 0. The second kappa shape index (κ2) is 4.93. The second-order valence-electron chi connectivity index (χ2n) is 5.55. The first-order valence-corrected chi connectivity index (χ1v) is 5.83. The minimum atomic E-state index is 0. The molecule has 0 saturated carbocycles. The van der Waals surface area contributed by atoms with E-state index in [0.717, 1.165) is 0 Å². The van der Waals surface area contributed by atoms with Crippen LogP contribution in [0.15, 0.2) is 24.3 Å². The van der Waals surface area contributed by atoms with Gasteiger partial charge in [-0.3, -0.25) is 0 Å². The standard InChI is InChI=1S/C16H19.Re/c1-11-10-15(16(3,4)5)12(2)14-9-7-6-8-13(11)14;/h6-9H,1-5H3;/q-1;. The minimum Gasteiger partial charge on any atom is -0.176 e. The summed E-state index contributed by atoms with van der Waals surface area (Å²) in [7, 11) is 0. The Morgan fingerprint density at radius 3 is 2.00 bits per heavy atom. The van der Waals surface area contributed by atoms with Gasteiger partial charge in [0.05, 0.1) is 0 Å². The fraction of sp³-hybridized carbons (Fsp3) is 0.375. The van der Waals surface area contributed by atoms with Gasteiger partial charge in [0.15, 0.2) is 0 Å². The molecule has 0 unspecified atom stereocenters. The number of hydrogen-bond donors (Lipinski definition) is 0. The van der Waals surface area contributed by atoms with Gasteiger partial charge >= 0.3 is 0 Å². The smallest absolute Gasteiger partial charge is 0 e. The van der Waals surface area contributed by atoms with E-state index in [4.69, 9.17) is 0 Å². The molecule has 2 aromatic rings. The maximum atomic E-state index is 3.56. The largest absolute Gasteiger partial charge is 0.176 e. The summed E-state index contributed by atoms with van der Waals surface area (Å²) in [4.78, 5) is 0. The quantitative estimate of drug-likeness (QED) is 0.572. The molecular formula is C16H19Re-. The SMILES string of the molecule is Cc1[c-]c(C(C)(C)C)c(C)c2ccccc12.[Re]. The van der Waals surface area contributed by atoms with E-state index >= 15 is 0 Å². The molecule has 0 saturated heterocycles. The fourth-order valence-electron chi connectivity index (χ4n) is 2.37. The Labute approximate surface area is 118 Å².